The Morgan fingerprint density at radius 1 is 1.10 bits per heavy atom. The van der Waals surface area contributed by atoms with E-state index in [2.05, 4.69) is 56.3 Å². The van der Waals surface area contributed by atoms with Gasteiger partial charge in [0.15, 0.2) is 12.0 Å². The van der Waals surface area contributed by atoms with E-state index in [4.69, 9.17) is 19.1 Å². The standard InChI is InChI=1S/C22H30BN5O3/c1-21(2)22(3,4)31-23(30-21)15-9-10-17-16(14-15)20(25-18-11-12-24-27(18)5)26-28(17)19-8-6-7-13-29-19/h9-12,14,19H,6-8,13H2,1-5H3,(H,25,26). The molecule has 1 aromatic carbocycles. The molecule has 1 N–H and O–H groups in total. The van der Waals surface area contributed by atoms with Crippen molar-refractivity contribution in [3.05, 3.63) is 30.5 Å². The molecule has 2 fully saturated rings. The molecule has 8 nitrogen and oxygen atoms in total. The molecule has 0 amide bonds. The van der Waals surface area contributed by atoms with Crippen LogP contribution < -0.4 is 10.8 Å². The number of benzene rings is 1. The number of ether oxygens (including phenoxy) is 1. The van der Waals surface area contributed by atoms with Crippen molar-refractivity contribution >= 4 is 35.1 Å². The number of nitrogens with zero attached hydrogens (tertiary/aromatic N) is 4. The monoisotopic (exact) mass is 423 g/mol. The Balaban J connectivity index is 1.57. The van der Waals surface area contributed by atoms with Gasteiger partial charge in [-0.15, -0.1) is 0 Å². The second-order valence-corrected chi connectivity index (χ2v) is 9.44. The highest BCUT2D eigenvalue weighted by molar-refractivity contribution is 6.62. The van der Waals surface area contributed by atoms with E-state index >= 15 is 0 Å². The highest BCUT2D eigenvalue weighted by Crippen LogP contribution is 2.37. The van der Waals surface area contributed by atoms with Crippen LogP contribution in [0.3, 0.4) is 0 Å². The molecular formula is C22H30BN5O3. The summed E-state index contributed by atoms with van der Waals surface area (Å²) in [6.45, 7) is 9.04. The van der Waals surface area contributed by atoms with Crippen LogP contribution in [0.5, 0.6) is 0 Å². The maximum absolute atomic E-state index is 6.28. The molecule has 2 aliphatic heterocycles. The van der Waals surface area contributed by atoms with Crippen molar-refractivity contribution in [1.29, 1.82) is 0 Å². The number of nitrogens with one attached hydrogen (secondary N) is 1. The van der Waals surface area contributed by atoms with Crippen LogP contribution in [0.2, 0.25) is 0 Å². The predicted octanol–water partition coefficient (Wildman–Crippen LogP) is 3.51. The van der Waals surface area contributed by atoms with Gasteiger partial charge in [-0.25, -0.2) is 4.68 Å². The first-order chi connectivity index (χ1) is 14.7. The zero-order valence-corrected chi connectivity index (χ0v) is 18.9. The lowest BCUT2D eigenvalue weighted by Crippen LogP contribution is -2.41. The number of anilines is 2. The van der Waals surface area contributed by atoms with E-state index in [1.807, 2.05) is 17.8 Å². The molecule has 0 spiro atoms. The molecule has 4 heterocycles. The Morgan fingerprint density at radius 3 is 2.52 bits per heavy atom. The number of rotatable bonds is 4. The summed E-state index contributed by atoms with van der Waals surface area (Å²) in [6, 6.07) is 8.21. The topological polar surface area (TPSA) is 75.4 Å². The minimum Gasteiger partial charge on any atom is -0.399 e. The van der Waals surface area contributed by atoms with Gasteiger partial charge in [0.1, 0.15) is 5.82 Å². The average Bonchev–Trinajstić information content (AvgIpc) is 3.37. The van der Waals surface area contributed by atoms with Gasteiger partial charge in [-0.3, -0.25) is 4.68 Å². The van der Waals surface area contributed by atoms with Crippen molar-refractivity contribution in [3.8, 4) is 0 Å². The first kappa shape index (κ1) is 20.5. The lowest BCUT2D eigenvalue weighted by molar-refractivity contribution is -0.0365. The fourth-order valence-electron chi connectivity index (χ4n) is 4.13. The van der Waals surface area contributed by atoms with Crippen molar-refractivity contribution in [1.82, 2.24) is 19.6 Å². The second kappa shape index (κ2) is 7.36. The number of hydrogen-bond acceptors (Lipinski definition) is 6. The number of aromatic nitrogens is 4. The van der Waals surface area contributed by atoms with Crippen molar-refractivity contribution in [3.63, 3.8) is 0 Å². The van der Waals surface area contributed by atoms with E-state index in [1.54, 1.807) is 10.9 Å². The first-order valence-corrected chi connectivity index (χ1v) is 11.0. The zero-order chi connectivity index (χ0) is 21.8. The van der Waals surface area contributed by atoms with Crippen LogP contribution in [-0.2, 0) is 21.1 Å². The number of fused-ring (bicyclic) bond motifs is 1. The van der Waals surface area contributed by atoms with Crippen molar-refractivity contribution in [2.75, 3.05) is 11.9 Å². The molecule has 1 atom stereocenters. The Morgan fingerprint density at radius 2 is 1.87 bits per heavy atom. The Bertz CT molecular complexity index is 1080. The third-order valence-corrected chi connectivity index (χ3v) is 6.75. The average molecular weight is 423 g/mol. The molecular weight excluding hydrogens is 393 g/mol. The first-order valence-electron chi connectivity index (χ1n) is 11.0. The lowest BCUT2D eigenvalue weighted by Gasteiger charge is -2.32. The maximum atomic E-state index is 6.28. The number of hydrogen-bond donors (Lipinski definition) is 1. The quantitative estimate of drug-likeness (QED) is 0.648. The zero-order valence-electron chi connectivity index (χ0n) is 18.9. The smallest absolute Gasteiger partial charge is 0.399 e. The molecule has 164 valence electrons. The highest BCUT2D eigenvalue weighted by Gasteiger charge is 2.51. The van der Waals surface area contributed by atoms with Crippen LogP contribution >= 0.6 is 0 Å². The molecule has 2 saturated heterocycles. The maximum Gasteiger partial charge on any atom is 0.494 e. The fourth-order valence-corrected chi connectivity index (χ4v) is 4.13. The van der Waals surface area contributed by atoms with Gasteiger partial charge in [-0.1, -0.05) is 6.07 Å². The largest absolute Gasteiger partial charge is 0.494 e. The lowest BCUT2D eigenvalue weighted by atomic mass is 9.78. The summed E-state index contributed by atoms with van der Waals surface area (Å²) in [5.41, 5.74) is 1.23. The van der Waals surface area contributed by atoms with Gasteiger partial charge in [0.25, 0.3) is 0 Å². The molecule has 5 rings (SSSR count). The Hall–Kier alpha value is -2.36. The van der Waals surface area contributed by atoms with Crippen molar-refractivity contribution in [2.45, 2.75) is 64.4 Å². The van der Waals surface area contributed by atoms with Crippen LogP contribution in [0, 0.1) is 0 Å². The van der Waals surface area contributed by atoms with E-state index in [9.17, 15) is 0 Å². The van der Waals surface area contributed by atoms with E-state index in [0.717, 1.165) is 53.9 Å². The minimum absolute atomic E-state index is 0.0546. The third-order valence-electron chi connectivity index (χ3n) is 6.75. The van der Waals surface area contributed by atoms with Crippen LogP contribution in [0.15, 0.2) is 30.5 Å². The van der Waals surface area contributed by atoms with Crippen LogP contribution in [-0.4, -0.2) is 44.5 Å². The van der Waals surface area contributed by atoms with Gasteiger partial charge in [0, 0.05) is 25.1 Å². The van der Waals surface area contributed by atoms with E-state index < -0.39 is 7.12 Å². The SMILES string of the molecule is Cn1nccc1Nc1nn(C2CCCCO2)c2ccc(B3OC(C)(C)C(C)(C)O3)cc12. The summed E-state index contributed by atoms with van der Waals surface area (Å²) in [6.07, 6.45) is 4.91. The molecule has 3 aromatic rings. The van der Waals surface area contributed by atoms with E-state index in [1.165, 1.54) is 0 Å². The van der Waals surface area contributed by atoms with Gasteiger partial charge in [0.05, 0.1) is 22.9 Å². The molecule has 2 aromatic heterocycles. The van der Waals surface area contributed by atoms with Gasteiger partial charge in [-0.05, 0) is 64.6 Å². The normalized spacial score (nSPS) is 22.9. The summed E-state index contributed by atoms with van der Waals surface area (Å²) in [5, 5.41) is 13.6. The molecule has 31 heavy (non-hydrogen) atoms. The Labute approximate surface area is 183 Å². The van der Waals surface area contributed by atoms with Crippen LogP contribution in [0.25, 0.3) is 10.9 Å². The second-order valence-electron chi connectivity index (χ2n) is 9.44. The molecule has 2 aliphatic rings. The van der Waals surface area contributed by atoms with Crippen LogP contribution in [0.4, 0.5) is 11.6 Å². The number of aryl methyl sites for hydroxylation is 1. The molecule has 0 radical (unpaired) electrons. The van der Waals surface area contributed by atoms with Gasteiger partial charge < -0.3 is 19.4 Å². The molecule has 0 saturated carbocycles. The van der Waals surface area contributed by atoms with Gasteiger partial charge >= 0.3 is 7.12 Å². The van der Waals surface area contributed by atoms with Crippen LogP contribution in [0.1, 0.15) is 53.2 Å². The summed E-state index contributed by atoms with van der Waals surface area (Å²) in [5.74, 6) is 1.64. The van der Waals surface area contributed by atoms with E-state index in [-0.39, 0.29) is 17.4 Å². The molecule has 0 aliphatic carbocycles. The van der Waals surface area contributed by atoms with E-state index in [0.29, 0.717) is 0 Å². The van der Waals surface area contributed by atoms with Crippen molar-refractivity contribution in [2.24, 2.45) is 7.05 Å². The predicted molar refractivity (Wildman–Crippen MR) is 121 cm³/mol. The molecule has 0 bridgehead atoms. The summed E-state index contributed by atoms with van der Waals surface area (Å²) >= 11 is 0. The summed E-state index contributed by atoms with van der Waals surface area (Å²) in [4.78, 5) is 0. The third kappa shape index (κ3) is 3.54. The molecule has 9 heteroatoms. The molecule has 1 unspecified atom stereocenters. The summed E-state index contributed by atoms with van der Waals surface area (Å²) < 4.78 is 22.4. The van der Waals surface area contributed by atoms with Gasteiger partial charge in [-0.2, -0.15) is 10.2 Å². The van der Waals surface area contributed by atoms with Crippen molar-refractivity contribution < 1.29 is 14.0 Å². The summed E-state index contributed by atoms with van der Waals surface area (Å²) in [7, 11) is 1.48. The fraction of sp³-hybridized carbons (Fsp3) is 0.545. The minimum atomic E-state index is -0.423. The Kier molecular flexibility index (Phi) is 4.88. The highest BCUT2D eigenvalue weighted by atomic mass is 16.7. The van der Waals surface area contributed by atoms with Gasteiger partial charge in [0.2, 0.25) is 0 Å².